The first kappa shape index (κ1) is 13.0. The molecule has 0 aliphatic carbocycles. The molecule has 16 heavy (non-hydrogen) atoms. The molecule has 0 bridgehead atoms. The molecule has 0 spiro atoms. The van der Waals surface area contributed by atoms with E-state index >= 15 is 0 Å². The van der Waals surface area contributed by atoms with Crippen LogP contribution >= 0.6 is 0 Å². The van der Waals surface area contributed by atoms with Crippen LogP contribution in [0, 0.1) is 0 Å². The normalized spacial score (nSPS) is 14.9. The molecule has 5 heteroatoms. The lowest BCUT2D eigenvalue weighted by Crippen LogP contribution is -2.35. The maximum absolute atomic E-state index is 12.3. The van der Waals surface area contributed by atoms with Crippen molar-refractivity contribution in [3.05, 3.63) is 29.8 Å². The van der Waals surface area contributed by atoms with Gasteiger partial charge < -0.3 is 5.11 Å². The fourth-order valence-corrected chi connectivity index (χ4v) is 1.30. The van der Waals surface area contributed by atoms with Crippen molar-refractivity contribution in [3.8, 4) is 0 Å². The third kappa shape index (κ3) is 2.96. The van der Waals surface area contributed by atoms with E-state index in [4.69, 9.17) is 5.11 Å². The van der Waals surface area contributed by atoms with Gasteiger partial charge in [-0.25, -0.2) is 0 Å². The molecule has 0 aliphatic heterocycles. The Balaban J connectivity index is 3.09. The summed E-state index contributed by atoms with van der Waals surface area (Å²) in [5, 5.41) is 9.12. The molecular formula is C11H15F3NO+. The van der Waals surface area contributed by atoms with E-state index in [0.29, 0.717) is 10.2 Å². The van der Waals surface area contributed by atoms with Gasteiger partial charge >= 0.3 is 6.18 Å². The number of rotatable bonds is 2. The molecule has 0 heterocycles. The summed E-state index contributed by atoms with van der Waals surface area (Å²) in [5.41, 5.74) is 0.582. The average molecular weight is 234 g/mol. The van der Waals surface area contributed by atoms with Gasteiger partial charge in [0.05, 0.1) is 21.1 Å². The first-order chi connectivity index (χ1) is 7.12. The number of hydrogen-bond donors (Lipinski definition) is 1. The van der Waals surface area contributed by atoms with Gasteiger partial charge in [-0.1, -0.05) is 12.1 Å². The first-order valence-corrected chi connectivity index (χ1v) is 4.79. The van der Waals surface area contributed by atoms with Crippen molar-refractivity contribution in [2.75, 3.05) is 21.1 Å². The van der Waals surface area contributed by atoms with E-state index in [1.165, 1.54) is 18.2 Å². The number of aliphatic hydroxyl groups is 1. The van der Waals surface area contributed by atoms with E-state index in [0.717, 1.165) is 0 Å². The number of halogens is 3. The monoisotopic (exact) mass is 234 g/mol. The Bertz CT molecular complexity index is 368. The summed E-state index contributed by atoms with van der Waals surface area (Å²) in [4.78, 5) is 0. The molecule has 1 atom stereocenters. The van der Waals surface area contributed by atoms with Gasteiger partial charge in [0, 0.05) is 6.07 Å². The minimum Gasteiger partial charge on any atom is -0.379 e. The van der Waals surface area contributed by atoms with Crippen LogP contribution in [0.2, 0.25) is 0 Å². The molecule has 0 saturated carbocycles. The SMILES string of the molecule is C[N+](C)(C)c1cccc([C@H](O)C(F)(F)F)c1. The fourth-order valence-electron chi connectivity index (χ4n) is 1.30. The predicted molar refractivity (Wildman–Crippen MR) is 57.0 cm³/mol. The summed E-state index contributed by atoms with van der Waals surface area (Å²) in [6.07, 6.45) is -7.04. The van der Waals surface area contributed by atoms with Gasteiger partial charge in [0.15, 0.2) is 6.10 Å². The van der Waals surface area contributed by atoms with Gasteiger partial charge in [-0.3, -0.25) is 4.48 Å². The first-order valence-electron chi connectivity index (χ1n) is 4.79. The molecule has 0 unspecified atom stereocenters. The molecule has 1 aromatic carbocycles. The van der Waals surface area contributed by atoms with Gasteiger partial charge in [0.1, 0.15) is 5.69 Å². The van der Waals surface area contributed by atoms with Gasteiger partial charge in [0.2, 0.25) is 0 Å². The van der Waals surface area contributed by atoms with Gasteiger partial charge in [-0.15, -0.1) is 0 Å². The van der Waals surface area contributed by atoms with E-state index in [-0.39, 0.29) is 5.56 Å². The standard InChI is InChI=1S/C11H15F3NO/c1-15(2,3)9-6-4-5-8(7-9)10(16)11(12,13)14/h4-7,10,16H,1-3H3/q+1/t10-/m0/s1. The van der Waals surface area contributed by atoms with Crippen LogP contribution in [-0.4, -0.2) is 32.4 Å². The molecule has 0 saturated heterocycles. The van der Waals surface area contributed by atoms with Crippen molar-refractivity contribution in [2.24, 2.45) is 0 Å². The highest BCUT2D eigenvalue weighted by Crippen LogP contribution is 2.34. The Kier molecular flexibility index (Phi) is 3.30. The molecule has 0 amide bonds. The summed E-state index contributed by atoms with van der Waals surface area (Å²) < 4.78 is 37.3. The summed E-state index contributed by atoms with van der Waals surface area (Å²) >= 11 is 0. The van der Waals surface area contributed by atoms with Crippen LogP contribution in [0.25, 0.3) is 0 Å². The molecule has 2 nitrogen and oxygen atoms in total. The lowest BCUT2D eigenvalue weighted by atomic mass is 10.1. The predicted octanol–water partition coefficient (Wildman–Crippen LogP) is 2.48. The quantitative estimate of drug-likeness (QED) is 0.779. The molecule has 0 aromatic heterocycles. The number of nitrogens with zero attached hydrogens (tertiary/aromatic N) is 1. The zero-order chi connectivity index (χ0) is 12.6. The Labute approximate surface area is 92.5 Å². The lowest BCUT2D eigenvalue weighted by Gasteiger charge is -2.24. The van der Waals surface area contributed by atoms with E-state index in [9.17, 15) is 13.2 Å². The third-order valence-electron chi connectivity index (χ3n) is 2.27. The summed E-state index contributed by atoms with van der Waals surface area (Å²) in [5.74, 6) is 0. The highest BCUT2D eigenvalue weighted by Gasteiger charge is 2.39. The van der Waals surface area contributed by atoms with Crippen molar-refractivity contribution in [1.29, 1.82) is 0 Å². The van der Waals surface area contributed by atoms with Crippen LogP contribution in [0.3, 0.4) is 0 Å². The molecule has 0 radical (unpaired) electrons. The van der Waals surface area contributed by atoms with Crippen LogP contribution in [0.15, 0.2) is 24.3 Å². The number of alkyl halides is 3. The van der Waals surface area contributed by atoms with Crippen molar-refractivity contribution in [2.45, 2.75) is 12.3 Å². The second-order valence-electron chi connectivity index (χ2n) is 4.55. The van der Waals surface area contributed by atoms with E-state index in [1.807, 2.05) is 21.1 Å². The van der Waals surface area contributed by atoms with Gasteiger partial charge in [-0.05, 0) is 11.6 Å². The van der Waals surface area contributed by atoms with Crippen molar-refractivity contribution >= 4 is 5.69 Å². The second kappa shape index (κ2) is 4.07. The Morgan fingerprint density at radius 3 is 2.19 bits per heavy atom. The zero-order valence-electron chi connectivity index (χ0n) is 9.42. The second-order valence-corrected chi connectivity index (χ2v) is 4.55. The van der Waals surface area contributed by atoms with Crippen LogP contribution < -0.4 is 4.48 Å². The van der Waals surface area contributed by atoms with E-state index in [1.54, 1.807) is 6.07 Å². The van der Waals surface area contributed by atoms with Crippen LogP contribution in [0.4, 0.5) is 18.9 Å². The summed E-state index contributed by atoms with van der Waals surface area (Å²) in [6, 6.07) is 5.89. The Hall–Kier alpha value is -1.07. The molecular weight excluding hydrogens is 219 g/mol. The maximum atomic E-state index is 12.3. The van der Waals surface area contributed by atoms with Crippen LogP contribution in [0.1, 0.15) is 11.7 Å². The largest absolute Gasteiger partial charge is 0.418 e. The Morgan fingerprint density at radius 1 is 1.19 bits per heavy atom. The van der Waals surface area contributed by atoms with Crippen molar-refractivity contribution in [3.63, 3.8) is 0 Å². The fraction of sp³-hybridized carbons (Fsp3) is 0.455. The smallest absolute Gasteiger partial charge is 0.379 e. The number of quaternary nitrogens is 1. The van der Waals surface area contributed by atoms with Crippen molar-refractivity contribution < 1.29 is 18.3 Å². The van der Waals surface area contributed by atoms with E-state index in [2.05, 4.69) is 0 Å². The molecule has 0 fully saturated rings. The topological polar surface area (TPSA) is 20.2 Å². The zero-order valence-corrected chi connectivity index (χ0v) is 9.42. The van der Waals surface area contributed by atoms with Crippen LogP contribution in [-0.2, 0) is 0 Å². The number of benzene rings is 1. The molecule has 90 valence electrons. The molecule has 0 aliphatic rings. The highest BCUT2D eigenvalue weighted by atomic mass is 19.4. The molecule has 1 N–H and O–H groups in total. The Morgan fingerprint density at radius 2 is 1.75 bits per heavy atom. The minimum atomic E-state index is -4.62. The third-order valence-corrected chi connectivity index (χ3v) is 2.27. The maximum Gasteiger partial charge on any atom is 0.418 e. The van der Waals surface area contributed by atoms with E-state index < -0.39 is 12.3 Å². The summed E-state index contributed by atoms with van der Waals surface area (Å²) in [7, 11) is 5.54. The van der Waals surface area contributed by atoms with Crippen molar-refractivity contribution in [1.82, 2.24) is 4.48 Å². The van der Waals surface area contributed by atoms with Gasteiger partial charge in [0.25, 0.3) is 0 Å². The average Bonchev–Trinajstić information content (AvgIpc) is 2.14. The molecule has 1 rings (SSSR count). The minimum absolute atomic E-state index is 0.127. The summed E-state index contributed by atoms with van der Waals surface area (Å²) in [6.45, 7) is 0. The highest BCUT2D eigenvalue weighted by molar-refractivity contribution is 5.44. The lowest BCUT2D eigenvalue weighted by molar-refractivity contribution is -0.206. The number of hydrogen-bond acceptors (Lipinski definition) is 1. The van der Waals surface area contributed by atoms with Crippen LogP contribution in [0.5, 0.6) is 0 Å². The number of aliphatic hydroxyl groups excluding tert-OH is 1. The van der Waals surface area contributed by atoms with Gasteiger partial charge in [-0.2, -0.15) is 13.2 Å². The molecule has 1 aromatic rings.